The van der Waals surface area contributed by atoms with Gasteiger partial charge in [-0.25, -0.2) is 9.59 Å². The molecule has 0 saturated heterocycles. The number of hydrogen-bond acceptors (Lipinski definition) is 9. The molecule has 0 rings (SSSR count). The summed E-state index contributed by atoms with van der Waals surface area (Å²) in [6, 6.07) is -1.84. The first kappa shape index (κ1) is 23.6. The van der Waals surface area contributed by atoms with Gasteiger partial charge in [-0.3, -0.25) is 9.59 Å². The predicted molar refractivity (Wildman–Crippen MR) is 93.0 cm³/mol. The van der Waals surface area contributed by atoms with E-state index in [0.717, 1.165) is 0 Å². The lowest BCUT2D eigenvalue weighted by molar-refractivity contribution is -0.145. The van der Waals surface area contributed by atoms with Gasteiger partial charge < -0.3 is 29.6 Å². The zero-order chi connectivity index (χ0) is 20.1. The van der Waals surface area contributed by atoms with Crippen LogP contribution in [0.3, 0.4) is 0 Å². The maximum Gasteiger partial charge on any atom is 0.328 e. The van der Waals surface area contributed by atoms with Gasteiger partial charge in [-0.2, -0.15) is 0 Å². The first-order valence-corrected chi connectivity index (χ1v) is 8.06. The molecule has 0 bridgehead atoms. The van der Waals surface area contributed by atoms with Crippen LogP contribution in [-0.4, -0.2) is 69.5 Å². The lowest BCUT2D eigenvalue weighted by Crippen LogP contribution is -2.51. The van der Waals surface area contributed by atoms with E-state index in [1.807, 2.05) is 0 Å². The molecule has 2 N–H and O–H groups in total. The number of thiocarbonyl (C=S) groups is 1. The van der Waals surface area contributed by atoms with Gasteiger partial charge >= 0.3 is 23.9 Å². The van der Waals surface area contributed by atoms with E-state index in [1.54, 1.807) is 0 Å². The molecule has 0 aromatic carbocycles. The number of hydrogen-bond donors (Lipinski definition) is 2. The highest BCUT2D eigenvalue weighted by molar-refractivity contribution is 7.80. The zero-order valence-corrected chi connectivity index (χ0v) is 16.0. The van der Waals surface area contributed by atoms with Crippen molar-refractivity contribution in [1.82, 2.24) is 10.6 Å². The summed E-state index contributed by atoms with van der Waals surface area (Å²) < 4.78 is 18.3. The van der Waals surface area contributed by atoms with Crippen molar-refractivity contribution in [3.8, 4) is 0 Å². The Morgan fingerprint density at radius 3 is 1.35 bits per heavy atom. The van der Waals surface area contributed by atoms with Gasteiger partial charge in [0, 0.05) is 12.8 Å². The number of methoxy groups -OCH3 is 4. The van der Waals surface area contributed by atoms with Crippen LogP contribution in [0.15, 0.2) is 0 Å². The third kappa shape index (κ3) is 9.16. The molecule has 0 aromatic heterocycles. The second kappa shape index (κ2) is 12.9. The molecule has 0 aromatic rings. The van der Waals surface area contributed by atoms with Gasteiger partial charge in [0.15, 0.2) is 5.11 Å². The van der Waals surface area contributed by atoms with E-state index >= 15 is 0 Å². The quantitative estimate of drug-likeness (QED) is 0.282. The molecule has 11 heteroatoms. The van der Waals surface area contributed by atoms with Crippen LogP contribution in [0, 0.1) is 0 Å². The van der Waals surface area contributed by atoms with Crippen molar-refractivity contribution in [3.63, 3.8) is 0 Å². The molecule has 0 aliphatic carbocycles. The van der Waals surface area contributed by atoms with Crippen molar-refractivity contribution < 1.29 is 38.1 Å². The van der Waals surface area contributed by atoms with Gasteiger partial charge in [0.2, 0.25) is 0 Å². The Labute approximate surface area is 156 Å². The van der Waals surface area contributed by atoms with Crippen LogP contribution in [0.25, 0.3) is 0 Å². The molecule has 0 unspecified atom stereocenters. The van der Waals surface area contributed by atoms with Crippen molar-refractivity contribution in [2.45, 2.75) is 37.8 Å². The van der Waals surface area contributed by atoms with Crippen LogP contribution < -0.4 is 10.6 Å². The molecule has 0 spiro atoms. The predicted octanol–water partition coefficient (Wildman–Crippen LogP) is -0.560. The topological polar surface area (TPSA) is 129 Å². The average Bonchev–Trinajstić information content (AvgIpc) is 2.65. The lowest BCUT2D eigenvalue weighted by atomic mass is 10.1. The van der Waals surface area contributed by atoms with Crippen molar-refractivity contribution in [1.29, 1.82) is 0 Å². The van der Waals surface area contributed by atoms with E-state index in [-0.39, 0.29) is 30.8 Å². The number of esters is 4. The van der Waals surface area contributed by atoms with Crippen molar-refractivity contribution in [3.05, 3.63) is 0 Å². The summed E-state index contributed by atoms with van der Waals surface area (Å²) in [4.78, 5) is 46.1. The Bertz CT molecular complexity index is 482. The summed E-state index contributed by atoms with van der Waals surface area (Å²) >= 11 is 5.09. The monoisotopic (exact) mass is 392 g/mol. The molecule has 0 radical (unpaired) electrons. The lowest BCUT2D eigenvalue weighted by Gasteiger charge is -2.22. The van der Waals surface area contributed by atoms with Crippen LogP contribution in [0.2, 0.25) is 0 Å². The van der Waals surface area contributed by atoms with Gasteiger partial charge in [0.1, 0.15) is 12.1 Å². The molecule has 148 valence electrons. The number of carbonyl (C=O) groups excluding carboxylic acids is 4. The maximum atomic E-state index is 11.8. The Morgan fingerprint density at radius 1 is 0.731 bits per heavy atom. The van der Waals surface area contributed by atoms with Crippen LogP contribution in [-0.2, 0) is 38.1 Å². The van der Waals surface area contributed by atoms with Crippen LogP contribution in [0.5, 0.6) is 0 Å². The van der Waals surface area contributed by atoms with Gasteiger partial charge in [0.25, 0.3) is 0 Å². The standard InChI is InChI=1S/C15H24N2O8S/c1-22-11(18)7-5-9(13(20)24-3)16-15(26)17-10(14(21)25-4)6-8-12(19)23-2/h9-10H,5-8H2,1-4H3,(H2,16,17,26)/t9-,10-/m0/s1. The molecule has 0 saturated carbocycles. The first-order chi connectivity index (χ1) is 12.3. The minimum atomic E-state index is -0.919. The Kier molecular flexibility index (Phi) is 11.7. The summed E-state index contributed by atoms with van der Waals surface area (Å²) in [5, 5.41) is 5.31. The van der Waals surface area contributed by atoms with Crippen LogP contribution in [0.4, 0.5) is 0 Å². The summed E-state index contributed by atoms with van der Waals surface area (Å²) in [6.07, 6.45) is 0.0851. The molecular formula is C15H24N2O8S. The minimum absolute atomic E-state index is 0.0331. The molecule has 0 fully saturated rings. The molecule has 2 atom stereocenters. The van der Waals surface area contributed by atoms with E-state index < -0.39 is 36.0 Å². The first-order valence-electron chi connectivity index (χ1n) is 7.65. The number of rotatable bonds is 10. The third-order valence-corrected chi connectivity index (χ3v) is 3.55. The van der Waals surface area contributed by atoms with E-state index in [0.29, 0.717) is 0 Å². The highest BCUT2D eigenvalue weighted by Gasteiger charge is 2.25. The van der Waals surface area contributed by atoms with Gasteiger partial charge in [-0.05, 0) is 25.1 Å². The molecule has 26 heavy (non-hydrogen) atoms. The highest BCUT2D eigenvalue weighted by atomic mass is 32.1. The minimum Gasteiger partial charge on any atom is -0.469 e. The molecule has 0 aliphatic rings. The average molecular weight is 392 g/mol. The second-order valence-electron chi connectivity index (χ2n) is 5.00. The molecular weight excluding hydrogens is 368 g/mol. The van der Waals surface area contributed by atoms with E-state index in [9.17, 15) is 19.2 Å². The van der Waals surface area contributed by atoms with Crippen molar-refractivity contribution in [2.24, 2.45) is 0 Å². The van der Waals surface area contributed by atoms with Gasteiger partial charge in [0.05, 0.1) is 28.4 Å². The fourth-order valence-electron chi connectivity index (χ4n) is 1.87. The summed E-state index contributed by atoms with van der Waals surface area (Å²) in [6.45, 7) is 0. The van der Waals surface area contributed by atoms with Crippen molar-refractivity contribution >= 4 is 41.2 Å². The van der Waals surface area contributed by atoms with E-state index in [4.69, 9.17) is 12.2 Å². The number of ether oxygens (including phenoxy) is 4. The molecule has 0 heterocycles. The Balaban J connectivity index is 4.84. The number of nitrogens with one attached hydrogen (secondary N) is 2. The SMILES string of the molecule is COC(=O)CC[C@H](NC(=S)N[C@@H](CCC(=O)OC)C(=O)OC)C(=O)OC. The second-order valence-corrected chi connectivity index (χ2v) is 5.41. The smallest absolute Gasteiger partial charge is 0.328 e. The normalized spacial score (nSPS) is 12.2. The fourth-order valence-corrected chi connectivity index (χ4v) is 2.15. The fraction of sp³-hybridized carbons (Fsp3) is 0.667. The van der Waals surface area contributed by atoms with Crippen LogP contribution >= 0.6 is 12.2 Å². The summed E-state index contributed by atoms with van der Waals surface area (Å²) in [5.74, 6) is -2.26. The highest BCUT2D eigenvalue weighted by Crippen LogP contribution is 2.04. The van der Waals surface area contributed by atoms with Gasteiger partial charge in [-0.1, -0.05) is 0 Å². The number of carbonyl (C=O) groups is 4. The molecule has 0 aliphatic heterocycles. The van der Waals surface area contributed by atoms with Crippen LogP contribution in [0.1, 0.15) is 25.7 Å². The zero-order valence-electron chi connectivity index (χ0n) is 15.2. The Hall–Kier alpha value is -2.43. The Morgan fingerprint density at radius 2 is 1.08 bits per heavy atom. The summed E-state index contributed by atoms with van der Waals surface area (Å²) in [7, 11) is 4.85. The molecule has 10 nitrogen and oxygen atoms in total. The van der Waals surface area contributed by atoms with Crippen molar-refractivity contribution in [2.75, 3.05) is 28.4 Å². The third-order valence-electron chi connectivity index (χ3n) is 3.31. The largest absolute Gasteiger partial charge is 0.469 e. The molecule has 0 amide bonds. The maximum absolute atomic E-state index is 11.8. The summed E-state index contributed by atoms with van der Waals surface area (Å²) in [5.41, 5.74) is 0. The van der Waals surface area contributed by atoms with E-state index in [1.165, 1.54) is 28.4 Å². The van der Waals surface area contributed by atoms with E-state index in [2.05, 4.69) is 29.6 Å². The van der Waals surface area contributed by atoms with Gasteiger partial charge in [-0.15, -0.1) is 0 Å².